The van der Waals surface area contributed by atoms with E-state index in [2.05, 4.69) is 38.1 Å². The van der Waals surface area contributed by atoms with Gasteiger partial charge in [-0.05, 0) is 62.2 Å². The Morgan fingerprint density at radius 1 is 1.00 bits per heavy atom. The van der Waals surface area contributed by atoms with E-state index in [1.807, 2.05) is 12.1 Å². The van der Waals surface area contributed by atoms with Crippen LogP contribution in [-0.4, -0.2) is 18.4 Å². The highest BCUT2D eigenvalue weighted by molar-refractivity contribution is 7.99. The highest BCUT2D eigenvalue weighted by Crippen LogP contribution is 2.34. The van der Waals surface area contributed by atoms with Crippen LogP contribution in [0.5, 0.6) is 0 Å². The maximum Gasteiger partial charge on any atom is 0.379 e. The predicted octanol–water partition coefficient (Wildman–Crippen LogP) is 5.14. The van der Waals surface area contributed by atoms with Gasteiger partial charge in [-0.15, -0.1) is 0 Å². The zero-order valence-corrected chi connectivity index (χ0v) is 16.3. The smallest absolute Gasteiger partial charge is 0.379 e. The van der Waals surface area contributed by atoms with Crippen molar-refractivity contribution in [2.75, 3.05) is 6.61 Å². The molecule has 0 aliphatic carbocycles. The first-order chi connectivity index (χ1) is 11.9. The molecule has 2 aromatic rings. The second-order valence-electron chi connectivity index (χ2n) is 5.83. The molecule has 25 heavy (non-hydrogen) atoms. The number of thiol groups is 1. The largest absolute Gasteiger partial charge is 0.460 e. The van der Waals surface area contributed by atoms with Crippen molar-refractivity contribution in [1.82, 2.24) is 0 Å². The van der Waals surface area contributed by atoms with Gasteiger partial charge in [0.05, 0.1) is 6.61 Å². The average Bonchev–Trinajstić information content (AvgIpc) is 2.62. The first-order valence-corrected chi connectivity index (χ1v) is 9.46. The predicted molar refractivity (Wildman–Crippen MR) is 105 cm³/mol. The van der Waals surface area contributed by atoms with Gasteiger partial charge >= 0.3 is 5.97 Å². The molecule has 132 valence electrons. The Bertz CT molecular complexity index is 735. The van der Waals surface area contributed by atoms with Gasteiger partial charge < -0.3 is 4.74 Å². The van der Waals surface area contributed by atoms with E-state index >= 15 is 0 Å². The molecule has 1 atom stereocenters. The van der Waals surface area contributed by atoms with Gasteiger partial charge in [0.2, 0.25) is 0 Å². The number of Topliss-reactive ketones (excluding diaryl/α,β-unsaturated/α-hetero) is 1. The normalized spacial score (nSPS) is 13.1. The molecule has 0 aromatic heterocycles. The van der Waals surface area contributed by atoms with Crippen molar-refractivity contribution in [2.45, 2.75) is 41.7 Å². The Morgan fingerprint density at radius 2 is 1.52 bits per heavy atom. The summed E-state index contributed by atoms with van der Waals surface area (Å²) in [4.78, 5) is 25.5. The first kappa shape index (κ1) is 19.6. The topological polar surface area (TPSA) is 43.4 Å². The third-order valence-corrected chi connectivity index (χ3v) is 5.57. The number of rotatable bonds is 7. The van der Waals surface area contributed by atoms with Crippen molar-refractivity contribution in [3.8, 4) is 0 Å². The third kappa shape index (κ3) is 5.13. The monoisotopic (exact) mass is 374 g/mol. The van der Waals surface area contributed by atoms with E-state index in [0.29, 0.717) is 5.56 Å². The molecule has 2 aromatic carbocycles. The number of ketones is 1. The van der Waals surface area contributed by atoms with Gasteiger partial charge in [0, 0.05) is 20.1 Å². The molecule has 2 rings (SSSR count). The second-order valence-corrected chi connectivity index (χ2v) is 7.96. The van der Waals surface area contributed by atoms with E-state index in [1.165, 1.54) is 5.56 Å². The van der Waals surface area contributed by atoms with Gasteiger partial charge in [0.1, 0.15) is 0 Å². The molecule has 3 nitrogen and oxygen atoms in total. The van der Waals surface area contributed by atoms with Gasteiger partial charge in [0.25, 0.3) is 5.78 Å². The number of carbonyl (C=O) groups is 2. The molecule has 1 unspecified atom stereocenters. The van der Waals surface area contributed by atoms with Gasteiger partial charge in [-0.3, -0.25) is 4.79 Å². The molecule has 0 N–H and O–H groups in total. The van der Waals surface area contributed by atoms with Crippen LogP contribution in [-0.2, 0) is 14.3 Å². The summed E-state index contributed by atoms with van der Waals surface area (Å²) >= 11 is 6.30. The van der Waals surface area contributed by atoms with Crippen LogP contribution in [0.15, 0.2) is 58.3 Å². The van der Waals surface area contributed by atoms with E-state index in [1.54, 1.807) is 30.8 Å². The van der Waals surface area contributed by atoms with E-state index < -0.39 is 11.8 Å². The van der Waals surface area contributed by atoms with Crippen molar-refractivity contribution in [3.63, 3.8) is 0 Å². The molecule has 0 fully saturated rings. The minimum Gasteiger partial charge on any atom is -0.460 e. The lowest BCUT2D eigenvalue weighted by Gasteiger charge is -2.22. The quantitative estimate of drug-likeness (QED) is 0.315. The van der Waals surface area contributed by atoms with Crippen molar-refractivity contribution in [1.29, 1.82) is 0 Å². The lowest BCUT2D eigenvalue weighted by molar-refractivity contribution is -0.137. The van der Waals surface area contributed by atoms with Crippen LogP contribution in [0.2, 0.25) is 0 Å². The molecule has 0 radical (unpaired) electrons. The number of hydrogen-bond acceptors (Lipinski definition) is 5. The maximum absolute atomic E-state index is 11.9. The summed E-state index contributed by atoms with van der Waals surface area (Å²) in [7, 11) is 0. The standard InChI is InChI=1S/C20H22O3S2/c1-4-20(3,24)15-8-12-17(13-9-15)25-16-10-6-14(7-11-16)18(21)19(22)23-5-2/h6-13,24H,4-5H2,1-3H3. The summed E-state index contributed by atoms with van der Waals surface area (Å²) in [5.41, 5.74) is 1.53. The van der Waals surface area contributed by atoms with Gasteiger partial charge in [0.15, 0.2) is 0 Å². The molecule has 0 aliphatic rings. The molecule has 0 saturated heterocycles. The first-order valence-electron chi connectivity index (χ1n) is 8.19. The van der Waals surface area contributed by atoms with Gasteiger partial charge in [-0.2, -0.15) is 12.6 Å². The molecular formula is C20H22O3S2. The zero-order chi connectivity index (χ0) is 18.4. The summed E-state index contributed by atoms with van der Waals surface area (Å²) in [6.07, 6.45) is 0.957. The third-order valence-electron chi connectivity index (χ3n) is 3.98. The molecule has 0 amide bonds. The number of ether oxygens (including phenoxy) is 1. The summed E-state index contributed by atoms with van der Waals surface area (Å²) in [6, 6.07) is 15.3. The highest BCUT2D eigenvalue weighted by Gasteiger charge is 2.19. The number of benzene rings is 2. The number of carbonyl (C=O) groups excluding carboxylic acids is 2. The van der Waals surface area contributed by atoms with E-state index in [9.17, 15) is 9.59 Å². The Balaban J connectivity index is 2.06. The van der Waals surface area contributed by atoms with Crippen LogP contribution in [0.1, 0.15) is 43.1 Å². The fourth-order valence-electron chi connectivity index (χ4n) is 2.21. The number of esters is 1. The Kier molecular flexibility index (Phi) is 6.73. The van der Waals surface area contributed by atoms with Crippen LogP contribution in [0.25, 0.3) is 0 Å². The van der Waals surface area contributed by atoms with Gasteiger partial charge in [-0.1, -0.05) is 30.8 Å². The Labute approximate surface area is 158 Å². The SMILES string of the molecule is CCOC(=O)C(=O)c1ccc(Sc2ccc(C(C)(S)CC)cc2)cc1. The van der Waals surface area contributed by atoms with Gasteiger partial charge in [-0.25, -0.2) is 4.79 Å². The Morgan fingerprint density at radius 3 is 2.00 bits per heavy atom. The van der Waals surface area contributed by atoms with Crippen molar-refractivity contribution >= 4 is 36.1 Å². The summed E-state index contributed by atoms with van der Waals surface area (Å²) < 4.78 is 4.61. The summed E-state index contributed by atoms with van der Waals surface area (Å²) in [6.45, 7) is 6.09. The maximum atomic E-state index is 11.9. The summed E-state index contributed by atoms with van der Waals surface area (Å²) in [5.74, 6) is -1.43. The van der Waals surface area contributed by atoms with Crippen molar-refractivity contribution in [3.05, 3.63) is 59.7 Å². The lowest BCUT2D eigenvalue weighted by Crippen LogP contribution is -2.17. The minimum atomic E-state index is -0.816. The molecular weight excluding hydrogens is 352 g/mol. The Hall–Kier alpha value is -1.72. The van der Waals surface area contributed by atoms with Crippen LogP contribution in [0.3, 0.4) is 0 Å². The van der Waals surface area contributed by atoms with Crippen LogP contribution in [0, 0.1) is 0 Å². The molecule has 0 heterocycles. The van der Waals surface area contributed by atoms with Crippen LogP contribution >= 0.6 is 24.4 Å². The lowest BCUT2D eigenvalue weighted by atomic mass is 9.98. The fourth-order valence-corrected chi connectivity index (χ4v) is 3.18. The van der Waals surface area contributed by atoms with Crippen LogP contribution in [0.4, 0.5) is 0 Å². The molecule has 5 heteroatoms. The fraction of sp³-hybridized carbons (Fsp3) is 0.300. The zero-order valence-electron chi connectivity index (χ0n) is 14.6. The highest BCUT2D eigenvalue weighted by atomic mass is 32.2. The average molecular weight is 375 g/mol. The summed E-state index contributed by atoms with van der Waals surface area (Å²) in [5, 5.41) is 0. The molecule has 0 saturated carbocycles. The molecule has 0 bridgehead atoms. The van der Waals surface area contributed by atoms with E-state index in [0.717, 1.165) is 16.2 Å². The van der Waals surface area contributed by atoms with Crippen molar-refractivity contribution < 1.29 is 14.3 Å². The molecule has 0 aliphatic heterocycles. The second kappa shape index (κ2) is 8.59. The molecule has 0 spiro atoms. The van der Waals surface area contributed by atoms with E-state index in [-0.39, 0.29) is 11.4 Å². The van der Waals surface area contributed by atoms with Crippen LogP contribution < -0.4 is 0 Å². The number of hydrogen-bond donors (Lipinski definition) is 1. The van der Waals surface area contributed by atoms with Crippen molar-refractivity contribution in [2.24, 2.45) is 0 Å². The minimum absolute atomic E-state index is 0.127. The van der Waals surface area contributed by atoms with E-state index in [4.69, 9.17) is 17.4 Å².